The molecule has 1 N–H and O–H groups in total. The minimum Gasteiger partial charge on any atom is -0.497 e. The molecular formula is C28H38N2O6S. The number of fused-ring (bicyclic) bond motifs is 1. The molecule has 8 nitrogen and oxygen atoms in total. The third-order valence-electron chi connectivity index (χ3n) is 7.86. The number of anilines is 1. The van der Waals surface area contributed by atoms with E-state index in [4.69, 9.17) is 14.6 Å². The number of amides is 2. The summed E-state index contributed by atoms with van der Waals surface area (Å²) in [7, 11) is 1.59. The minimum atomic E-state index is -0.667. The number of benzene rings is 1. The van der Waals surface area contributed by atoms with Crippen molar-refractivity contribution in [3.8, 4) is 5.75 Å². The van der Waals surface area contributed by atoms with Crippen LogP contribution in [0.1, 0.15) is 45.4 Å². The van der Waals surface area contributed by atoms with E-state index in [1.54, 1.807) is 41.7 Å². The minimum absolute atomic E-state index is 0.0103. The number of ether oxygens (including phenoxy) is 2. The van der Waals surface area contributed by atoms with Crippen LogP contribution in [0, 0.1) is 11.8 Å². The van der Waals surface area contributed by atoms with Gasteiger partial charge in [-0.25, -0.2) is 0 Å². The zero-order valence-corrected chi connectivity index (χ0v) is 22.6. The van der Waals surface area contributed by atoms with Gasteiger partial charge in [0.1, 0.15) is 11.8 Å². The Morgan fingerprint density at radius 2 is 1.97 bits per heavy atom. The summed E-state index contributed by atoms with van der Waals surface area (Å²) < 4.78 is 10.0. The van der Waals surface area contributed by atoms with E-state index >= 15 is 0 Å². The molecule has 1 aromatic rings. The van der Waals surface area contributed by atoms with E-state index in [1.807, 2.05) is 24.3 Å². The molecule has 1 aromatic carbocycles. The number of aliphatic hydroxyl groups is 1. The number of carbonyl (C=O) groups is 3. The highest BCUT2D eigenvalue weighted by Crippen LogP contribution is 2.66. The average molecular weight is 531 g/mol. The second-order valence-electron chi connectivity index (χ2n) is 9.91. The van der Waals surface area contributed by atoms with Crippen molar-refractivity contribution in [1.82, 2.24) is 4.90 Å². The van der Waals surface area contributed by atoms with E-state index in [1.165, 1.54) is 0 Å². The van der Waals surface area contributed by atoms with Gasteiger partial charge >= 0.3 is 5.97 Å². The van der Waals surface area contributed by atoms with Crippen molar-refractivity contribution in [3.63, 3.8) is 0 Å². The molecule has 0 saturated carbocycles. The maximum atomic E-state index is 14.4. The molecule has 0 aromatic heterocycles. The van der Waals surface area contributed by atoms with Gasteiger partial charge in [-0.2, -0.15) is 0 Å². The zero-order valence-electron chi connectivity index (χ0n) is 21.8. The van der Waals surface area contributed by atoms with E-state index in [9.17, 15) is 14.4 Å². The lowest BCUT2D eigenvalue weighted by Crippen LogP contribution is -2.55. The Hall–Kier alpha value is -2.52. The number of unbranched alkanes of at least 4 members (excludes halogenated alkanes) is 3. The summed E-state index contributed by atoms with van der Waals surface area (Å²) in [6, 6.07) is 6.63. The van der Waals surface area contributed by atoms with E-state index in [0.29, 0.717) is 24.5 Å². The van der Waals surface area contributed by atoms with Crippen molar-refractivity contribution in [2.75, 3.05) is 38.3 Å². The molecule has 2 bridgehead atoms. The van der Waals surface area contributed by atoms with Crippen LogP contribution in [0.2, 0.25) is 0 Å². The first kappa shape index (κ1) is 27.5. The van der Waals surface area contributed by atoms with Crippen LogP contribution < -0.4 is 9.64 Å². The maximum Gasteiger partial charge on any atom is 0.310 e. The Labute approximate surface area is 223 Å². The molecule has 3 heterocycles. The van der Waals surface area contributed by atoms with Gasteiger partial charge in [0.2, 0.25) is 5.91 Å². The van der Waals surface area contributed by atoms with Crippen LogP contribution in [0.15, 0.2) is 36.9 Å². The fourth-order valence-corrected chi connectivity index (χ4v) is 8.49. The van der Waals surface area contributed by atoms with Crippen LogP contribution in [0.3, 0.4) is 0 Å². The molecule has 3 saturated heterocycles. The van der Waals surface area contributed by atoms with Gasteiger partial charge < -0.3 is 24.4 Å². The number of methoxy groups -OCH3 is 1. The standard InChI is InChI=1S/C28H38N2O6S/c1-4-16-29(19-10-12-20(35-3)13-11-19)26(33)24-28-15-14-21(37-28)22(27(34)36-5-2)23(28)25(32)30(24)17-8-6-7-9-18-31/h4,10-13,21-24,31H,1,5-9,14-18H2,2-3H3/t21-,22+,23+,24?,28?/m1/s1. The number of esters is 1. The molecule has 0 aliphatic carbocycles. The highest BCUT2D eigenvalue weighted by atomic mass is 32.2. The molecule has 2 amide bonds. The van der Waals surface area contributed by atoms with Crippen LogP contribution in [-0.4, -0.2) is 77.2 Å². The van der Waals surface area contributed by atoms with Crippen LogP contribution in [0.5, 0.6) is 5.75 Å². The Morgan fingerprint density at radius 3 is 2.62 bits per heavy atom. The highest BCUT2D eigenvalue weighted by molar-refractivity contribution is 8.02. The fourth-order valence-electron chi connectivity index (χ4n) is 6.29. The third-order valence-corrected chi connectivity index (χ3v) is 9.81. The normalized spacial score (nSPS) is 27.8. The van der Waals surface area contributed by atoms with Crippen molar-refractivity contribution in [1.29, 1.82) is 0 Å². The highest BCUT2D eigenvalue weighted by Gasteiger charge is 2.74. The molecule has 2 unspecified atom stereocenters. The first-order chi connectivity index (χ1) is 17.9. The lowest BCUT2D eigenvalue weighted by atomic mass is 9.71. The molecule has 0 radical (unpaired) electrons. The summed E-state index contributed by atoms with van der Waals surface area (Å²) in [6.45, 7) is 6.80. The molecule has 202 valence electrons. The predicted octanol–water partition coefficient (Wildman–Crippen LogP) is 3.42. The summed E-state index contributed by atoms with van der Waals surface area (Å²) >= 11 is 1.65. The SMILES string of the molecule is C=CCN(C(=O)C1N(CCCCCCO)C(=O)[C@@H]2[C@@H](C(=O)OCC)[C@H]3CCC12S3)c1ccc(OC)cc1. The second kappa shape index (κ2) is 11.9. The quantitative estimate of drug-likeness (QED) is 0.237. The molecule has 3 fully saturated rings. The topological polar surface area (TPSA) is 96.4 Å². The van der Waals surface area contributed by atoms with E-state index in [0.717, 1.165) is 38.5 Å². The Kier molecular flexibility index (Phi) is 8.85. The Bertz CT molecular complexity index is 1000. The number of rotatable bonds is 13. The van der Waals surface area contributed by atoms with Gasteiger partial charge in [0.25, 0.3) is 5.91 Å². The smallest absolute Gasteiger partial charge is 0.310 e. The van der Waals surface area contributed by atoms with Crippen LogP contribution >= 0.6 is 11.8 Å². The van der Waals surface area contributed by atoms with E-state index in [-0.39, 0.29) is 36.2 Å². The first-order valence-corrected chi connectivity index (χ1v) is 14.1. The second-order valence-corrected chi connectivity index (χ2v) is 11.5. The van der Waals surface area contributed by atoms with Gasteiger partial charge in [-0.1, -0.05) is 18.9 Å². The monoisotopic (exact) mass is 530 g/mol. The van der Waals surface area contributed by atoms with Crippen molar-refractivity contribution in [2.24, 2.45) is 11.8 Å². The molecule has 1 spiro atoms. The number of aliphatic hydroxyl groups excluding tert-OH is 1. The molecule has 5 atom stereocenters. The number of thioether (sulfide) groups is 1. The molecule has 3 aliphatic heterocycles. The number of likely N-dealkylation sites (tertiary alicyclic amines) is 1. The van der Waals surface area contributed by atoms with Gasteiger partial charge in [-0.15, -0.1) is 18.3 Å². The van der Waals surface area contributed by atoms with Crippen molar-refractivity contribution < 1.29 is 29.0 Å². The van der Waals surface area contributed by atoms with Gasteiger partial charge in [0.15, 0.2) is 0 Å². The predicted molar refractivity (Wildman–Crippen MR) is 144 cm³/mol. The van der Waals surface area contributed by atoms with Crippen molar-refractivity contribution in [2.45, 2.75) is 61.5 Å². The zero-order chi connectivity index (χ0) is 26.6. The molecular weight excluding hydrogens is 492 g/mol. The number of hydrogen-bond donors (Lipinski definition) is 1. The number of nitrogens with zero attached hydrogens (tertiary/aromatic N) is 2. The van der Waals surface area contributed by atoms with Crippen molar-refractivity contribution >= 4 is 35.2 Å². The summed E-state index contributed by atoms with van der Waals surface area (Å²) in [5.74, 6) is -0.960. The molecule has 3 aliphatic rings. The average Bonchev–Trinajstić information content (AvgIpc) is 3.54. The Balaban J connectivity index is 1.69. The van der Waals surface area contributed by atoms with Crippen LogP contribution in [-0.2, 0) is 19.1 Å². The summed E-state index contributed by atoms with van der Waals surface area (Å²) in [6.07, 6.45) is 6.37. The lowest BCUT2D eigenvalue weighted by molar-refractivity contribution is -0.153. The van der Waals surface area contributed by atoms with Gasteiger partial charge in [0.05, 0.1) is 30.3 Å². The van der Waals surface area contributed by atoms with Gasteiger partial charge in [-0.05, 0) is 56.9 Å². The van der Waals surface area contributed by atoms with Gasteiger partial charge in [0, 0.05) is 30.6 Å². The van der Waals surface area contributed by atoms with E-state index < -0.39 is 22.6 Å². The first-order valence-electron chi connectivity index (χ1n) is 13.3. The maximum absolute atomic E-state index is 14.4. The van der Waals surface area contributed by atoms with Gasteiger partial charge in [-0.3, -0.25) is 14.4 Å². The Morgan fingerprint density at radius 1 is 1.24 bits per heavy atom. The van der Waals surface area contributed by atoms with Crippen LogP contribution in [0.25, 0.3) is 0 Å². The number of carbonyl (C=O) groups excluding carboxylic acids is 3. The third kappa shape index (κ3) is 5.00. The van der Waals surface area contributed by atoms with Crippen molar-refractivity contribution in [3.05, 3.63) is 36.9 Å². The van der Waals surface area contributed by atoms with Crippen LogP contribution in [0.4, 0.5) is 5.69 Å². The summed E-state index contributed by atoms with van der Waals surface area (Å²) in [4.78, 5) is 44.8. The molecule has 37 heavy (non-hydrogen) atoms. The number of hydrogen-bond acceptors (Lipinski definition) is 7. The van der Waals surface area contributed by atoms with E-state index in [2.05, 4.69) is 6.58 Å². The lowest BCUT2D eigenvalue weighted by Gasteiger charge is -2.37. The summed E-state index contributed by atoms with van der Waals surface area (Å²) in [5.41, 5.74) is 0.709. The summed E-state index contributed by atoms with van der Waals surface area (Å²) in [5, 5.41) is 9.10. The molecule has 9 heteroatoms. The largest absolute Gasteiger partial charge is 0.497 e. The molecule has 4 rings (SSSR count). The fraction of sp³-hybridized carbons (Fsp3) is 0.607.